The largest absolute Gasteiger partial charge is 0.618 e. The maximum absolute atomic E-state index is 12.8. The highest BCUT2D eigenvalue weighted by Gasteiger charge is 2.24. The number of hydrogen-bond acceptors (Lipinski definition) is 3. The molecule has 2 heterocycles. The van der Waals surface area contributed by atoms with E-state index in [1.54, 1.807) is 31.3 Å². The fraction of sp³-hybridized carbons (Fsp3) is 0.0476. The van der Waals surface area contributed by atoms with Crippen molar-refractivity contribution < 1.29 is 4.73 Å². The van der Waals surface area contributed by atoms with Crippen LogP contribution in [0.5, 0.6) is 0 Å². The average Bonchev–Trinajstić information content (AvgIpc) is 2.69. The highest BCUT2D eigenvalue weighted by Crippen LogP contribution is 2.40. The predicted octanol–water partition coefficient (Wildman–Crippen LogP) is 6.20. The van der Waals surface area contributed by atoms with Crippen LogP contribution < -0.4 is 10.0 Å². The smallest absolute Gasteiger partial charge is 0.253 e. The molecule has 0 aliphatic rings. The standard InChI is InChI=1S/C21H14Cl3N3O/c1-25-18-11-14(12-5-2-3-6-15(12)22)13-9-10-27(28)21(20(13)26-18)19-16(23)7-4-8-17(19)24/h2-11H,1H3,(H,25,26). The Morgan fingerprint density at radius 2 is 1.57 bits per heavy atom. The van der Waals surface area contributed by atoms with Gasteiger partial charge in [-0.3, -0.25) is 0 Å². The van der Waals surface area contributed by atoms with Crippen molar-refractivity contribution in [1.29, 1.82) is 0 Å². The van der Waals surface area contributed by atoms with E-state index in [0.29, 0.717) is 37.7 Å². The van der Waals surface area contributed by atoms with Gasteiger partial charge in [0, 0.05) is 29.1 Å². The van der Waals surface area contributed by atoms with Gasteiger partial charge in [0.2, 0.25) is 0 Å². The molecule has 0 spiro atoms. The third-order valence-corrected chi connectivity index (χ3v) is 5.46. The SMILES string of the molecule is CNc1cc(-c2ccccc2Cl)c2cc[n+]([O-])c(-c3c(Cl)cccc3Cl)c2n1. The van der Waals surface area contributed by atoms with Gasteiger partial charge in [0.1, 0.15) is 11.3 Å². The predicted molar refractivity (Wildman–Crippen MR) is 116 cm³/mol. The molecule has 0 fully saturated rings. The van der Waals surface area contributed by atoms with Gasteiger partial charge >= 0.3 is 0 Å². The fourth-order valence-electron chi connectivity index (χ4n) is 3.21. The van der Waals surface area contributed by atoms with E-state index < -0.39 is 0 Å². The summed E-state index contributed by atoms with van der Waals surface area (Å²) >= 11 is 19.2. The zero-order valence-corrected chi connectivity index (χ0v) is 17.0. The van der Waals surface area contributed by atoms with Crippen LogP contribution in [-0.2, 0) is 0 Å². The summed E-state index contributed by atoms with van der Waals surface area (Å²) < 4.78 is 0.734. The van der Waals surface area contributed by atoms with Crippen molar-refractivity contribution in [2.75, 3.05) is 12.4 Å². The van der Waals surface area contributed by atoms with Crippen LogP contribution in [0.15, 0.2) is 60.8 Å². The van der Waals surface area contributed by atoms with Crippen molar-refractivity contribution in [2.24, 2.45) is 0 Å². The Labute approximate surface area is 176 Å². The summed E-state index contributed by atoms with van der Waals surface area (Å²) in [4.78, 5) is 4.64. The number of halogens is 3. The molecular weight excluding hydrogens is 417 g/mol. The Kier molecular flexibility index (Phi) is 5.02. The third-order valence-electron chi connectivity index (χ3n) is 4.50. The molecule has 140 valence electrons. The van der Waals surface area contributed by atoms with Gasteiger partial charge in [0.15, 0.2) is 6.20 Å². The van der Waals surface area contributed by atoms with E-state index in [1.807, 2.05) is 30.3 Å². The van der Waals surface area contributed by atoms with E-state index in [9.17, 15) is 5.21 Å². The summed E-state index contributed by atoms with van der Waals surface area (Å²) in [6.45, 7) is 0. The van der Waals surface area contributed by atoms with Crippen LogP contribution >= 0.6 is 34.8 Å². The first-order chi connectivity index (χ1) is 13.5. The fourth-order valence-corrected chi connectivity index (χ4v) is 4.02. The second-order valence-electron chi connectivity index (χ2n) is 6.13. The van der Waals surface area contributed by atoms with Gasteiger partial charge in [-0.1, -0.05) is 59.1 Å². The molecule has 4 aromatic rings. The van der Waals surface area contributed by atoms with Crippen molar-refractivity contribution in [1.82, 2.24) is 4.98 Å². The quantitative estimate of drug-likeness (QED) is 0.311. The number of aromatic nitrogens is 2. The summed E-state index contributed by atoms with van der Waals surface area (Å²) in [6, 6.07) is 16.3. The number of nitrogens with zero attached hydrogens (tertiary/aromatic N) is 2. The molecule has 7 heteroatoms. The van der Waals surface area contributed by atoms with Crippen LogP contribution in [0.3, 0.4) is 0 Å². The number of benzene rings is 2. The van der Waals surface area contributed by atoms with Crippen molar-refractivity contribution in [3.05, 3.63) is 81.1 Å². The molecule has 28 heavy (non-hydrogen) atoms. The molecule has 0 radical (unpaired) electrons. The monoisotopic (exact) mass is 429 g/mol. The second kappa shape index (κ2) is 7.47. The molecule has 0 bridgehead atoms. The summed E-state index contributed by atoms with van der Waals surface area (Å²) in [5, 5.41) is 17.9. The van der Waals surface area contributed by atoms with Crippen LogP contribution in [0.25, 0.3) is 33.3 Å². The lowest BCUT2D eigenvalue weighted by Gasteiger charge is -2.14. The highest BCUT2D eigenvalue weighted by molar-refractivity contribution is 6.39. The van der Waals surface area contributed by atoms with E-state index in [1.165, 1.54) is 6.20 Å². The van der Waals surface area contributed by atoms with E-state index in [0.717, 1.165) is 21.2 Å². The van der Waals surface area contributed by atoms with Crippen LogP contribution in [0.2, 0.25) is 15.1 Å². The second-order valence-corrected chi connectivity index (χ2v) is 7.36. The van der Waals surface area contributed by atoms with Crippen molar-refractivity contribution in [3.63, 3.8) is 0 Å². The van der Waals surface area contributed by atoms with E-state index in [4.69, 9.17) is 34.8 Å². The number of rotatable bonds is 3. The molecule has 2 aromatic heterocycles. The maximum Gasteiger partial charge on any atom is 0.253 e. The Morgan fingerprint density at radius 3 is 2.25 bits per heavy atom. The molecule has 4 nitrogen and oxygen atoms in total. The van der Waals surface area contributed by atoms with Gasteiger partial charge in [0.25, 0.3) is 5.69 Å². The van der Waals surface area contributed by atoms with Gasteiger partial charge in [-0.2, -0.15) is 4.73 Å². The van der Waals surface area contributed by atoms with Gasteiger partial charge in [0.05, 0.1) is 15.6 Å². The molecule has 0 saturated heterocycles. The Bertz CT molecular complexity index is 1190. The lowest BCUT2D eigenvalue weighted by atomic mass is 9.99. The molecule has 0 aliphatic heterocycles. The topological polar surface area (TPSA) is 51.9 Å². The van der Waals surface area contributed by atoms with Crippen molar-refractivity contribution in [2.45, 2.75) is 0 Å². The molecular formula is C21H14Cl3N3O. The Hall–Kier alpha value is -2.53. The van der Waals surface area contributed by atoms with Gasteiger partial charge < -0.3 is 10.5 Å². The maximum atomic E-state index is 12.8. The number of pyridine rings is 2. The highest BCUT2D eigenvalue weighted by atomic mass is 35.5. The molecule has 4 rings (SSSR count). The number of anilines is 1. The summed E-state index contributed by atoms with van der Waals surface area (Å²) in [5.74, 6) is 0.595. The van der Waals surface area contributed by atoms with E-state index in [2.05, 4.69) is 10.3 Å². The zero-order valence-electron chi connectivity index (χ0n) is 14.7. The summed E-state index contributed by atoms with van der Waals surface area (Å²) in [5.41, 5.74) is 2.91. The van der Waals surface area contributed by atoms with Crippen LogP contribution in [0, 0.1) is 5.21 Å². The van der Waals surface area contributed by atoms with E-state index in [-0.39, 0.29) is 0 Å². The Balaban J connectivity index is 2.16. The summed E-state index contributed by atoms with van der Waals surface area (Å²) in [7, 11) is 1.76. The summed E-state index contributed by atoms with van der Waals surface area (Å²) in [6.07, 6.45) is 1.43. The lowest BCUT2D eigenvalue weighted by molar-refractivity contribution is -0.592. The van der Waals surface area contributed by atoms with Gasteiger partial charge in [-0.15, -0.1) is 0 Å². The number of hydrogen-bond donors (Lipinski definition) is 1. The van der Waals surface area contributed by atoms with Crippen molar-refractivity contribution in [3.8, 4) is 22.4 Å². The minimum atomic E-state index is 0.290. The third kappa shape index (κ3) is 3.14. The average molecular weight is 431 g/mol. The molecule has 0 aliphatic carbocycles. The van der Waals surface area contributed by atoms with Gasteiger partial charge in [-0.25, -0.2) is 4.98 Å². The normalized spacial score (nSPS) is 11.0. The molecule has 1 N–H and O–H groups in total. The molecule has 2 aromatic carbocycles. The number of fused-ring (bicyclic) bond motifs is 1. The first-order valence-corrected chi connectivity index (χ1v) is 9.58. The lowest BCUT2D eigenvalue weighted by Crippen LogP contribution is -2.29. The zero-order chi connectivity index (χ0) is 19.8. The first-order valence-electron chi connectivity index (χ1n) is 8.45. The molecule has 0 unspecified atom stereocenters. The molecule has 0 amide bonds. The molecule has 0 saturated carbocycles. The van der Waals surface area contributed by atoms with Crippen molar-refractivity contribution >= 4 is 51.5 Å². The number of nitrogens with one attached hydrogen (secondary N) is 1. The van der Waals surface area contributed by atoms with Crippen LogP contribution in [-0.4, -0.2) is 12.0 Å². The van der Waals surface area contributed by atoms with Gasteiger partial charge in [-0.05, 0) is 29.8 Å². The minimum absolute atomic E-state index is 0.290. The minimum Gasteiger partial charge on any atom is -0.618 e. The van der Waals surface area contributed by atoms with E-state index >= 15 is 0 Å². The molecule has 0 atom stereocenters. The van der Waals surface area contributed by atoms with Crippen LogP contribution in [0.1, 0.15) is 0 Å². The first kappa shape index (κ1) is 18.8. The van der Waals surface area contributed by atoms with Crippen LogP contribution in [0.4, 0.5) is 5.82 Å². The Morgan fingerprint density at radius 1 is 0.893 bits per heavy atom.